The first-order chi connectivity index (χ1) is 7.37. The fourth-order valence-corrected chi connectivity index (χ4v) is 1.10. The largest absolute Gasteiger partial charge is 0.444 e. The zero-order chi connectivity index (χ0) is 12.2. The molecule has 1 N–H and O–H groups in total. The standard InChI is InChI=1S/C11H16N2O3/c1-11(2,3)16-10(15)13-7-8-4-5-9(14)12-6-8/h4-6,8H,7H2,1-3H3,(H,13,15). The summed E-state index contributed by atoms with van der Waals surface area (Å²) in [7, 11) is 0. The summed E-state index contributed by atoms with van der Waals surface area (Å²) >= 11 is 0. The van der Waals surface area contributed by atoms with Gasteiger partial charge in [-0.15, -0.1) is 0 Å². The van der Waals surface area contributed by atoms with Crippen molar-refractivity contribution in [1.29, 1.82) is 0 Å². The number of nitrogens with zero attached hydrogens (tertiary/aromatic N) is 1. The number of nitrogens with one attached hydrogen (secondary N) is 1. The van der Waals surface area contributed by atoms with E-state index in [2.05, 4.69) is 10.3 Å². The van der Waals surface area contributed by atoms with Crippen LogP contribution in [0, 0.1) is 5.92 Å². The quantitative estimate of drug-likeness (QED) is 0.768. The predicted molar refractivity (Wildman–Crippen MR) is 60.4 cm³/mol. The van der Waals surface area contributed by atoms with Gasteiger partial charge in [0.15, 0.2) is 0 Å². The maximum absolute atomic E-state index is 11.3. The smallest absolute Gasteiger partial charge is 0.407 e. The van der Waals surface area contributed by atoms with Crippen LogP contribution in [0.15, 0.2) is 17.1 Å². The summed E-state index contributed by atoms with van der Waals surface area (Å²) in [6.07, 6.45) is 4.14. The van der Waals surface area contributed by atoms with Crippen molar-refractivity contribution in [2.24, 2.45) is 10.9 Å². The maximum Gasteiger partial charge on any atom is 0.407 e. The Morgan fingerprint density at radius 1 is 1.56 bits per heavy atom. The fourth-order valence-electron chi connectivity index (χ4n) is 1.10. The third kappa shape index (κ3) is 4.72. The predicted octanol–water partition coefficient (Wildman–Crippen LogP) is 1.29. The summed E-state index contributed by atoms with van der Waals surface area (Å²) in [5.41, 5.74) is -0.503. The van der Waals surface area contributed by atoms with E-state index in [9.17, 15) is 9.59 Å². The number of rotatable bonds is 2. The molecule has 1 rings (SSSR count). The van der Waals surface area contributed by atoms with Gasteiger partial charge in [0.05, 0.1) is 0 Å². The number of hydrogen-bond donors (Lipinski definition) is 1. The molecule has 5 nitrogen and oxygen atoms in total. The fraction of sp³-hybridized carbons (Fsp3) is 0.545. The summed E-state index contributed by atoms with van der Waals surface area (Å²) in [6.45, 7) is 5.77. The van der Waals surface area contributed by atoms with Crippen LogP contribution in [-0.4, -0.2) is 30.4 Å². The molecular formula is C11H16N2O3. The van der Waals surface area contributed by atoms with Gasteiger partial charge in [0.2, 0.25) is 0 Å². The Morgan fingerprint density at radius 3 is 2.75 bits per heavy atom. The van der Waals surface area contributed by atoms with Crippen molar-refractivity contribution in [2.75, 3.05) is 6.54 Å². The number of dihydropyridines is 1. The molecule has 0 aromatic rings. The molecule has 1 unspecified atom stereocenters. The minimum atomic E-state index is -0.503. The van der Waals surface area contributed by atoms with Crippen LogP contribution in [0.25, 0.3) is 0 Å². The lowest BCUT2D eigenvalue weighted by molar-refractivity contribution is -0.113. The van der Waals surface area contributed by atoms with Crippen LogP contribution in [0.2, 0.25) is 0 Å². The zero-order valence-electron chi connectivity index (χ0n) is 9.69. The number of alkyl carbamates (subject to hydrolysis) is 1. The third-order valence-corrected chi connectivity index (χ3v) is 1.76. The number of amides is 2. The molecule has 0 saturated carbocycles. The Kier molecular flexibility index (Phi) is 3.82. The number of hydrogen-bond acceptors (Lipinski definition) is 3. The summed E-state index contributed by atoms with van der Waals surface area (Å²) in [5.74, 6) is -0.321. The highest BCUT2D eigenvalue weighted by Gasteiger charge is 2.17. The molecule has 5 heteroatoms. The summed E-state index contributed by atoms with van der Waals surface area (Å²) < 4.78 is 5.06. The molecular weight excluding hydrogens is 208 g/mol. The van der Waals surface area contributed by atoms with E-state index < -0.39 is 11.7 Å². The van der Waals surface area contributed by atoms with Gasteiger partial charge in [0.25, 0.3) is 5.91 Å². The maximum atomic E-state index is 11.3. The Hall–Kier alpha value is -1.65. The van der Waals surface area contributed by atoms with Crippen LogP contribution in [0.1, 0.15) is 20.8 Å². The molecule has 0 aromatic carbocycles. The highest BCUT2D eigenvalue weighted by atomic mass is 16.6. The second-order valence-electron chi connectivity index (χ2n) is 4.52. The zero-order valence-corrected chi connectivity index (χ0v) is 9.69. The Bertz CT molecular complexity index is 324. The van der Waals surface area contributed by atoms with Gasteiger partial charge in [-0.25, -0.2) is 9.79 Å². The second-order valence-corrected chi connectivity index (χ2v) is 4.52. The monoisotopic (exact) mass is 224 g/mol. The minimum Gasteiger partial charge on any atom is -0.444 e. The van der Waals surface area contributed by atoms with Gasteiger partial charge in [0, 0.05) is 24.8 Å². The van der Waals surface area contributed by atoms with E-state index in [-0.39, 0.29) is 11.8 Å². The van der Waals surface area contributed by atoms with Crippen LogP contribution < -0.4 is 5.32 Å². The molecule has 1 aliphatic rings. The summed E-state index contributed by atoms with van der Waals surface area (Å²) in [5, 5.41) is 2.61. The van der Waals surface area contributed by atoms with Crippen molar-refractivity contribution >= 4 is 18.2 Å². The first kappa shape index (κ1) is 12.4. The molecule has 0 aliphatic carbocycles. The molecule has 88 valence electrons. The van der Waals surface area contributed by atoms with Crippen molar-refractivity contribution in [2.45, 2.75) is 26.4 Å². The minimum absolute atomic E-state index is 0.0507. The van der Waals surface area contributed by atoms with Gasteiger partial charge < -0.3 is 10.1 Å². The summed E-state index contributed by atoms with van der Waals surface area (Å²) in [6, 6.07) is 0. The van der Waals surface area contributed by atoms with E-state index in [4.69, 9.17) is 4.74 Å². The average Bonchev–Trinajstić information content (AvgIpc) is 2.14. The number of aliphatic imine (C=N–C) groups is 1. The molecule has 0 bridgehead atoms. The Labute approximate surface area is 94.6 Å². The highest BCUT2D eigenvalue weighted by Crippen LogP contribution is 2.07. The van der Waals surface area contributed by atoms with E-state index in [1.165, 1.54) is 12.3 Å². The van der Waals surface area contributed by atoms with Gasteiger partial charge in [-0.2, -0.15) is 0 Å². The van der Waals surface area contributed by atoms with E-state index in [0.29, 0.717) is 6.54 Å². The normalized spacial score (nSPS) is 19.7. The number of carbonyl (C=O) groups is 2. The van der Waals surface area contributed by atoms with Gasteiger partial charge in [-0.05, 0) is 20.8 Å². The Morgan fingerprint density at radius 2 is 2.25 bits per heavy atom. The number of ether oxygens (including phenoxy) is 1. The van der Waals surface area contributed by atoms with Crippen molar-refractivity contribution in [3.63, 3.8) is 0 Å². The van der Waals surface area contributed by atoms with Crippen LogP contribution in [-0.2, 0) is 9.53 Å². The van der Waals surface area contributed by atoms with Crippen LogP contribution >= 0.6 is 0 Å². The molecule has 0 saturated heterocycles. The van der Waals surface area contributed by atoms with Gasteiger partial charge >= 0.3 is 6.09 Å². The van der Waals surface area contributed by atoms with Crippen molar-refractivity contribution in [1.82, 2.24) is 5.32 Å². The lowest BCUT2D eigenvalue weighted by atomic mass is 10.1. The molecule has 16 heavy (non-hydrogen) atoms. The lowest BCUT2D eigenvalue weighted by Gasteiger charge is -2.20. The van der Waals surface area contributed by atoms with Gasteiger partial charge in [0.1, 0.15) is 5.60 Å². The van der Waals surface area contributed by atoms with Crippen LogP contribution in [0.4, 0.5) is 4.79 Å². The van der Waals surface area contributed by atoms with E-state index in [1.807, 2.05) is 0 Å². The molecule has 0 radical (unpaired) electrons. The van der Waals surface area contributed by atoms with Crippen molar-refractivity contribution in [3.05, 3.63) is 12.2 Å². The van der Waals surface area contributed by atoms with Gasteiger partial charge in [-0.3, -0.25) is 4.79 Å². The molecule has 1 aliphatic heterocycles. The molecule has 0 fully saturated rings. The summed E-state index contributed by atoms with van der Waals surface area (Å²) in [4.78, 5) is 25.7. The molecule has 1 atom stereocenters. The Balaban J connectivity index is 2.30. The van der Waals surface area contributed by atoms with E-state index in [0.717, 1.165) is 0 Å². The molecule has 2 amide bonds. The SMILES string of the molecule is CC(C)(C)OC(=O)NCC1C=CC(=O)N=C1. The van der Waals surface area contributed by atoms with E-state index >= 15 is 0 Å². The van der Waals surface area contributed by atoms with Crippen LogP contribution in [0.5, 0.6) is 0 Å². The topological polar surface area (TPSA) is 67.8 Å². The van der Waals surface area contributed by atoms with Crippen LogP contribution in [0.3, 0.4) is 0 Å². The third-order valence-electron chi connectivity index (χ3n) is 1.76. The molecule has 1 heterocycles. The average molecular weight is 224 g/mol. The first-order valence-corrected chi connectivity index (χ1v) is 5.10. The lowest BCUT2D eigenvalue weighted by Crippen LogP contribution is -2.35. The van der Waals surface area contributed by atoms with Crippen molar-refractivity contribution in [3.8, 4) is 0 Å². The van der Waals surface area contributed by atoms with E-state index in [1.54, 1.807) is 26.8 Å². The number of carbonyl (C=O) groups excluding carboxylic acids is 2. The molecule has 0 aromatic heterocycles. The second kappa shape index (κ2) is 4.92. The van der Waals surface area contributed by atoms with Gasteiger partial charge in [-0.1, -0.05) is 6.08 Å². The highest BCUT2D eigenvalue weighted by molar-refractivity contribution is 5.97. The first-order valence-electron chi connectivity index (χ1n) is 5.10. The van der Waals surface area contributed by atoms with Crippen molar-refractivity contribution < 1.29 is 14.3 Å². The molecule has 0 spiro atoms.